The molecule has 2 aliphatic heterocycles. The summed E-state index contributed by atoms with van der Waals surface area (Å²) in [6.45, 7) is 6.75. The van der Waals surface area contributed by atoms with Gasteiger partial charge in [-0.1, -0.05) is 6.08 Å². The Balaban J connectivity index is 0.000000277. The molecule has 0 saturated carbocycles. The number of aliphatic carboxylic acids is 1. The molecule has 2 saturated heterocycles. The van der Waals surface area contributed by atoms with Crippen molar-refractivity contribution < 1.29 is 27.9 Å². The molecular formula is C16H19F3N2O3S. The number of carbonyl (C=O) groups is 2. The van der Waals surface area contributed by atoms with Crippen LogP contribution in [0.1, 0.15) is 23.2 Å². The number of hydrogen-bond donors (Lipinski definition) is 1. The minimum Gasteiger partial charge on any atom is -0.475 e. The van der Waals surface area contributed by atoms with E-state index in [1.807, 2.05) is 22.9 Å². The summed E-state index contributed by atoms with van der Waals surface area (Å²) in [6.07, 6.45) is -0.908. The minimum atomic E-state index is -5.08. The van der Waals surface area contributed by atoms with Gasteiger partial charge in [-0.3, -0.25) is 9.69 Å². The number of carbonyl (C=O) groups excluding carboxylic acids is 1. The van der Waals surface area contributed by atoms with Gasteiger partial charge in [-0.05, 0) is 24.3 Å². The Morgan fingerprint density at radius 3 is 2.48 bits per heavy atom. The van der Waals surface area contributed by atoms with Gasteiger partial charge in [0, 0.05) is 37.1 Å². The SMILES string of the molecule is C=CCN1CC[C@@H]2[C@@H]1CCN2C(=O)c1ccsc1.O=C(O)C(F)(F)F. The summed E-state index contributed by atoms with van der Waals surface area (Å²) in [7, 11) is 0. The van der Waals surface area contributed by atoms with Gasteiger partial charge in [-0.15, -0.1) is 6.58 Å². The zero-order valence-electron chi connectivity index (χ0n) is 13.4. The van der Waals surface area contributed by atoms with E-state index < -0.39 is 12.1 Å². The molecule has 1 amide bonds. The van der Waals surface area contributed by atoms with Gasteiger partial charge < -0.3 is 10.0 Å². The first kappa shape index (κ1) is 19.5. The van der Waals surface area contributed by atoms with Gasteiger partial charge in [0.25, 0.3) is 5.91 Å². The fraction of sp³-hybridized carbons (Fsp3) is 0.500. The molecule has 0 bridgehead atoms. The molecule has 1 aromatic heterocycles. The van der Waals surface area contributed by atoms with E-state index in [9.17, 15) is 18.0 Å². The molecule has 0 aromatic carbocycles. The van der Waals surface area contributed by atoms with Gasteiger partial charge in [0.05, 0.1) is 5.56 Å². The highest BCUT2D eigenvalue weighted by molar-refractivity contribution is 7.08. The van der Waals surface area contributed by atoms with Crippen LogP contribution in [0, 0.1) is 0 Å². The Bertz CT molecular complexity index is 619. The topological polar surface area (TPSA) is 60.9 Å². The lowest BCUT2D eigenvalue weighted by atomic mass is 10.1. The Morgan fingerprint density at radius 2 is 1.96 bits per heavy atom. The van der Waals surface area contributed by atoms with Gasteiger partial charge >= 0.3 is 12.1 Å². The largest absolute Gasteiger partial charge is 0.490 e. The molecular weight excluding hydrogens is 357 g/mol. The standard InChI is InChI=1S/C14H18N2OS.C2HF3O2/c1-2-6-15-7-3-13-12(15)4-8-16(13)14(17)11-5-9-18-10-11;3-2(4,5)1(6)7/h2,5,9-10,12-13H,1,3-4,6-8H2;(H,6,7)/t12-,13+;/m0./s1. The van der Waals surface area contributed by atoms with Crippen LogP contribution in [-0.2, 0) is 4.79 Å². The molecule has 0 radical (unpaired) electrons. The van der Waals surface area contributed by atoms with Crippen molar-refractivity contribution in [3.63, 3.8) is 0 Å². The van der Waals surface area contributed by atoms with Crippen molar-refractivity contribution in [1.29, 1.82) is 0 Å². The van der Waals surface area contributed by atoms with Crippen molar-refractivity contribution >= 4 is 23.2 Å². The van der Waals surface area contributed by atoms with Crippen LogP contribution >= 0.6 is 11.3 Å². The van der Waals surface area contributed by atoms with Crippen molar-refractivity contribution in [3.05, 3.63) is 35.0 Å². The van der Waals surface area contributed by atoms with E-state index in [1.165, 1.54) is 0 Å². The van der Waals surface area contributed by atoms with Crippen molar-refractivity contribution in [1.82, 2.24) is 9.80 Å². The van der Waals surface area contributed by atoms with E-state index in [-0.39, 0.29) is 5.91 Å². The van der Waals surface area contributed by atoms with E-state index in [2.05, 4.69) is 16.4 Å². The van der Waals surface area contributed by atoms with Crippen molar-refractivity contribution in [2.24, 2.45) is 0 Å². The highest BCUT2D eigenvalue weighted by Crippen LogP contribution is 2.32. The molecule has 0 aliphatic carbocycles. The number of carboxylic acids is 1. The van der Waals surface area contributed by atoms with E-state index in [1.54, 1.807) is 11.3 Å². The summed E-state index contributed by atoms with van der Waals surface area (Å²) in [5.74, 6) is -2.54. The van der Waals surface area contributed by atoms with Crippen molar-refractivity contribution in [2.75, 3.05) is 19.6 Å². The van der Waals surface area contributed by atoms with Crippen LogP contribution < -0.4 is 0 Å². The van der Waals surface area contributed by atoms with Crippen molar-refractivity contribution in [3.8, 4) is 0 Å². The Hall–Kier alpha value is -1.87. The maximum Gasteiger partial charge on any atom is 0.490 e. The Morgan fingerprint density at radius 1 is 1.32 bits per heavy atom. The molecule has 5 nitrogen and oxygen atoms in total. The second-order valence-corrected chi connectivity index (χ2v) is 6.59. The normalized spacial score (nSPS) is 22.9. The number of rotatable bonds is 3. The number of amides is 1. The quantitative estimate of drug-likeness (QED) is 0.824. The molecule has 2 atom stereocenters. The van der Waals surface area contributed by atoms with Gasteiger partial charge in [-0.2, -0.15) is 24.5 Å². The van der Waals surface area contributed by atoms with Crippen LogP contribution in [0.4, 0.5) is 13.2 Å². The number of halogens is 3. The smallest absolute Gasteiger partial charge is 0.475 e. The fourth-order valence-corrected chi connectivity index (χ4v) is 3.90. The molecule has 0 unspecified atom stereocenters. The van der Waals surface area contributed by atoms with E-state index in [4.69, 9.17) is 9.90 Å². The molecule has 9 heteroatoms. The van der Waals surface area contributed by atoms with Gasteiger partial charge in [0.1, 0.15) is 0 Å². The van der Waals surface area contributed by atoms with Gasteiger partial charge in [-0.25, -0.2) is 4.79 Å². The number of likely N-dealkylation sites (tertiary alicyclic amines) is 2. The first-order valence-electron chi connectivity index (χ1n) is 7.74. The van der Waals surface area contributed by atoms with Crippen LogP contribution in [0.2, 0.25) is 0 Å². The maximum absolute atomic E-state index is 12.4. The van der Waals surface area contributed by atoms with Crippen LogP contribution in [0.3, 0.4) is 0 Å². The summed E-state index contributed by atoms with van der Waals surface area (Å²) < 4.78 is 31.7. The Labute approximate surface area is 147 Å². The molecule has 25 heavy (non-hydrogen) atoms. The third-order valence-electron chi connectivity index (χ3n) is 4.33. The number of alkyl halides is 3. The number of thiophene rings is 1. The summed E-state index contributed by atoms with van der Waals surface area (Å²) in [5.41, 5.74) is 0.850. The summed E-state index contributed by atoms with van der Waals surface area (Å²) in [5, 5.41) is 11.0. The highest BCUT2D eigenvalue weighted by atomic mass is 32.1. The summed E-state index contributed by atoms with van der Waals surface area (Å²) in [4.78, 5) is 25.8. The molecule has 3 heterocycles. The molecule has 3 rings (SSSR count). The van der Waals surface area contributed by atoms with Crippen LogP contribution in [0.5, 0.6) is 0 Å². The maximum atomic E-state index is 12.4. The number of fused-ring (bicyclic) bond motifs is 1. The van der Waals surface area contributed by atoms with E-state index in [0.29, 0.717) is 12.1 Å². The van der Waals surface area contributed by atoms with Crippen LogP contribution in [0.25, 0.3) is 0 Å². The summed E-state index contributed by atoms with van der Waals surface area (Å²) >= 11 is 1.59. The fourth-order valence-electron chi connectivity index (χ4n) is 3.27. The van der Waals surface area contributed by atoms with Gasteiger partial charge in [0.2, 0.25) is 0 Å². The Kier molecular flexibility index (Phi) is 6.23. The molecule has 0 spiro atoms. The lowest BCUT2D eigenvalue weighted by Crippen LogP contribution is -2.39. The zero-order chi connectivity index (χ0) is 18.6. The molecule has 1 aromatic rings. The zero-order valence-corrected chi connectivity index (χ0v) is 14.2. The lowest BCUT2D eigenvalue weighted by molar-refractivity contribution is -0.192. The van der Waals surface area contributed by atoms with Gasteiger partial charge in [0.15, 0.2) is 0 Å². The first-order chi connectivity index (χ1) is 11.8. The monoisotopic (exact) mass is 376 g/mol. The summed E-state index contributed by atoms with van der Waals surface area (Å²) in [6, 6.07) is 2.89. The van der Waals surface area contributed by atoms with Crippen LogP contribution in [-0.4, -0.2) is 64.7 Å². The van der Waals surface area contributed by atoms with E-state index in [0.717, 1.165) is 38.0 Å². The predicted octanol–water partition coefficient (Wildman–Crippen LogP) is 2.86. The molecule has 2 aliphatic rings. The molecule has 1 N–H and O–H groups in total. The number of carboxylic acid groups (broad SMARTS) is 1. The second-order valence-electron chi connectivity index (χ2n) is 5.81. The predicted molar refractivity (Wildman–Crippen MR) is 87.6 cm³/mol. The average Bonchev–Trinajstić information content (AvgIpc) is 3.25. The van der Waals surface area contributed by atoms with E-state index >= 15 is 0 Å². The molecule has 2 fully saturated rings. The number of hydrogen-bond acceptors (Lipinski definition) is 4. The molecule has 138 valence electrons. The third kappa shape index (κ3) is 4.60. The second kappa shape index (κ2) is 8.01. The highest BCUT2D eigenvalue weighted by Gasteiger charge is 2.43. The number of nitrogens with zero attached hydrogens (tertiary/aromatic N) is 2. The average molecular weight is 376 g/mol. The van der Waals surface area contributed by atoms with Crippen molar-refractivity contribution in [2.45, 2.75) is 31.1 Å². The third-order valence-corrected chi connectivity index (χ3v) is 5.01. The lowest BCUT2D eigenvalue weighted by Gasteiger charge is -2.24. The minimum absolute atomic E-state index is 0.212. The first-order valence-corrected chi connectivity index (χ1v) is 8.68. The van der Waals surface area contributed by atoms with Crippen LogP contribution in [0.15, 0.2) is 29.5 Å².